The van der Waals surface area contributed by atoms with E-state index in [1.54, 1.807) is 47.4 Å². The molecule has 1 saturated heterocycles. The SMILES string of the molecule is Cc1ccc(S(=O)(=O)NCC2CCCN(C(=O)C=Cc3ccc(F)cc3)C2)cc1. The third-order valence-electron chi connectivity index (χ3n) is 5.01. The van der Waals surface area contributed by atoms with Gasteiger partial charge in [0.15, 0.2) is 0 Å². The summed E-state index contributed by atoms with van der Waals surface area (Å²) in [7, 11) is -3.56. The van der Waals surface area contributed by atoms with Crippen LogP contribution in [0.1, 0.15) is 24.0 Å². The molecule has 0 radical (unpaired) electrons. The molecule has 1 aliphatic heterocycles. The molecule has 1 heterocycles. The first-order valence-corrected chi connectivity index (χ1v) is 11.1. The Kier molecular flexibility index (Phi) is 6.82. The molecule has 1 amide bonds. The van der Waals surface area contributed by atoms with Gasteiger partial charge in [-0.1, -0.05) is 29.8 Å². The molecule has 154 valence electrons. The minimum atomic E-state index is -3.56. The van der Waals surface area contributed by atoms with Crippen LogP contribution in [0.5, 0.6) is 0 Å². The minimum Gasteiger partial charge on any atom is -0.339 e. The molecule has 29 heavy (non-hydrogen) atoms. The van der Waals surface area contributed by atoms with Crippen molar-refractivity contribution in [2.24, 2.45) is 5.92 Å². The highest BCUT2D eigenvalue weighted by atomic mass is 32.2. The number of nitrogens with one attached hydrogen (secondary N) is 1. The van der Waals surface area contributed by atoms with Crippen LogP contribution in [0.25, 0.3) is 6.08 Å². The van der Waals surface area contributed by atoms with Gasteiger partial charge >= 0.3 is 0 Å². The number of sulfonamides is 1. The van der Waals surface area contributed by atoms with Gasteiger partial charge in [-0.25, -0.2) is 17.5 Å². The van der Waals surface area contributed by atoms with Crippen molar-refractivity contribution in [3.05, 3.63) is 71.6 Å². The second-order valence-electron chi connectivity index (χ2n) is 7.34. The quantitative estimate of drug-likeness (QED) is 0.735. The maximum atomic E-state index is 13.0. The van der Waals surface area contributed by atoms with Gasteiger partial charge in [-0.2, -0.15) is 0 Å². The van der Waals surface area contributed by atoms with Crippen molar-refractivity contribution in [1.82, 2.24) is 9.62 Å². The summed E-state index contributed by atoms with van der Waals surface area (Å²) >= 11 is 0. The van der Waals surface area contributed by atoms with Crippen LogP contribution in [0.15, 0.2) is 59.5 Å². The molecule has 1 aliphatic rings. The second kappa shape index (κ2) is 9.33. The monoisotopic (exact) mass is 416 g/mol. The maximum Gasteiger partial charge on any atom is 0.246 e. The van der Waals surface area contributed by atoms with E-state index < -0.39 is 10.0 Å². The Morgan fingerprint density at radius 1 is 1.17 bits per heavy atom. The van der Waals surface area contributed by atoms with Crippen molar-refractivity contribution in [2.75, 3.05) is 19.6 Å². The lowest BCUT2D eigenvalue weighted by Crippen LogP contribution is -2.43. The second-order valence-corrected chi connectivity index (χ2v) is 9.11. The van der Waals surface area contributed by atoms with E-state index in [0.717, 1.165) is 24.0 Å². The summed E-state index contributed by atoms with van der Waals surface area (Å²) in [5.74, 6) is -0.381. The first-order valence-electron chi connectivity index (χ1n) is 9.62. The number of carbonyl (C=O) groups is 1. The highest BCUT2D eigenvalue weighted by Gasteiger charge is 2.24. The molecule has 5 nitrogen and oxygen atoms in total. The van der Waals surface area contributed by atoms with Gasteiger partial charge in [0.2, 0.25) is 15.9 Å². The number of benzene rings is 2. The maximum absolute atomic E-state index is 13.0. The zero-order valence-corrected chi connectivity index (χ0v) is 17.2. The lowest BCUT2D eigenvalue weighted by molar-refractivity contribution is -0.127. The predicted octanol–water partition coefficient (Wildman–Crippen LogP) is 3.36. The number of piperidine rings is 1. The molecule has 2 aromatic carbocycles. The summed E-state index contributed by atoms with van der Waals surface area (Å²) in [6.07, 6.45) is 4.83. The molecular weight excluding hydrogens is 391 g/mol. The van der Waals surface area contributed by atoms with Gasteiger partial charge in [0, 0.05) is 25.7 Å². The summed E-state index contributed by atoms with van der Waals surface area (Å²) in [6, 6.07) is 12.6. The van der Waals surface area contributed by atoms with Crippen molar-refractivity contribution in [1.29, 1.82) is 0 Å². The predicted molar refractivity (Wildman–Crippen MR) is 111 cm³/mol. The fourth-order valence-electron chi connectivity index (χ4n) is 3.31. The van der Waals surface area contributed by atoms with E-state index in [9.17, 15) is 17.6 Å². The summed E-state index contributed by atoms with van der Waals surface area (Å²) in [5.41, 5.74) is 1.75. The molecule has 0 bridgehead atoms. The van der Waals surface area contributed by atoms with Crippen molar-refractivity contribution in [2.45, 2.75) is 24.7 Å². The van der Waals surface area contributed by atoms with E-state index in [1.165, 1.54) is 18.2 Å². The molecule has 3 rings (SSSR count). The topological polar surface area (TPSA) is 66.5 Å². The molecule has 2 aromatic rings. The van der Waals surface area contributed by atoms with Gasteiger partial charge in [0.1, 0.15) is 5.82 Å². The third-order valence-corrected chi connectivity index (χ3v) is 6.45. The molecule has 1 atom stereocenters. The number of amides is 1. The van der Waals surface area contributed by atoms with Crippen molar-refractivity contribution in [3.8, 4) is 0 Å². The van der Waals surface area contributed by atoms with Crippen LogP contribution in [-0.2, 0) is 14.8 Å². The molecule has 0 saturated carbocycles. The highest BCUT2D eigenvalue weighted by molar-refractivity contribution is 7.89. The van der Waals surface area contributed by atoms with E-state index in [1.807, 2.05) is 6.92 Å². The van der Waals surface area contributed by atoms with Gasteiger partial charge in [-0.3, -0.25) is 4.79 Å². The molecule has 1 fully saturated rings. The van der Waals surface area contributed by atoms with Gasteiger partial charge < -0.3 is 4.90 Å². The van der Waals surface area contributed by atoms with E-state index in [-0.39, 0.29) is 22.5 Å². The molecule has 1 unspecified atom stereocenters. The van der Waals surface area contributed by atoms with Gasteiger partial charge in [-0.15, -0.1) is 0 Å². The summed E-state index contributed by atoms with van der Waals surface area (Å²) < 4.78 is 40.5. The number of aryl methyl sites for hydroxylation is 1. The Morgan fingerprint density at radius 3 is 2.55 bits per heavy atom. The van der Waals surface area contributed by atoms with Crippen LogP contribution in [-0.4, -0.2) is 38.9 Å². The Morgan fingerprint density at radius 2 is 1.86 bits per heavy atom. The Bertz CT molecular complexity index is 970. The number of likely N-dealkylation sites (tertiary alicyclic amines) is 1. The number of nitrogens with zero attached hydrogens (tertiary/aromatic N) is 1. The smallest absolute Gasteiger partial charge is 0.246 e. The van der Waals surface area contributed by atoms with E-state index in [0.29, 0.717) is 19.6 Å². The summed E-state index contributed by atoms with van der Waals surface area (Å²) in [4.78, 5) is 14.4. The lowest BCUT2D eigenvalue weighted by Gasteiger charge is -2.32. The van der Waals surface area contributed by atoms with Crippen LogP contribution in [0.3, 0.4) is 0 Å². The molecular formula is C22H25FN2O3S. The average molecular weight is 417 g/mol. The van der Waals surface area contributed by atoms with E-state index in [4.69, 9.17) is 0 Å². The highest BCUT2D eigenvalue weighted by Crippen LogP contribution is 2.18. The molecule has 0 aromatic heterocycles. The standard InChI is InChI=1S/C22H25FN2O3S/c1-17-4-11-21(12-5-17)29(27,28)24-15-19-3-2-14-25(16-19)22(26)13-8-18-6-9-20(23)10-7-18/h4-13,19,24H,2-3,14-16H2,1H3. The largest absolute Gasteiger partial charge is 0.339 e. The number of carbonyl (C=O) groups excluding carboxylic acids is 1. The van der Waals surface area contributed by atoms with Crippen molar-refractivity contribution >= 4 is 22.0 Å². The van der Waals surface area contributed by atoms with E-state index in [2.05, 4.69) is 4.72 Å². The Labute approximate surface area is 171 Å². The normalized spacial score (nSPS) is 17.6. The first-order chi connectivity index (χ1) is 13.8. The van der Waals surface area contributed by atoms with Crippen LogP contribution in [0, 0.1) is 18.7 Å². The summed E-state index contributed by atoms with van der Waals surface area (Å²) in [5, 5.41) is 0. The van der Waals surface area contributed by atoms with Crippen molar-refractivity contribution in [3.63, 3.8) is 0 Å². The van der Waals surface area contributed by atoms with Crippen LogP contribution >= 0.6 is 0 Å². The number of hydrogen-bond acceptors (Lipinski definition) is 3. The number of hydrogen-bond donors (Lipinski definition) is 1. The van der Waals surface area contributed by atoms with Gasteiger partial charge in [0.05, 0.1) is 4.90 Å². The lowest BCUT2D eigenvalue weighted by atomic mass is 9.98. The van der Waals surface area contributed by atoms with E-state index >= 15 is 0 Å². The fourth-order valence-corrected chi connectivity index (χ4v) is 4.42. The van der Waals surface area contributed by atoms with Gasteiger partial charge in [-0.05, 0) is 61.6 Å². The fraction of sp³-hybridized carbons (Fsp3) is 0.318. The van der Waals surface area contributed by atoms with Crippen molar-refractivity contribution < 1.29 is 17.6 Å². The number of rotatable bonds is 6. The van der Waals surface area contributed by atoms with Crippen LogP contribution < -0.4 is 4.72 Å². The summed E-state index contributed by atoms with van der Waals surface area (Å²) in [6.45, 7) is 3.35. The Balaban J connectivity index is 1.55. The zero-order chi connectivity index (χ0) is 20.9. The minimum absolute atomic E-state index is 0.0622. The first kappa shape index (κ1) is 21.2. The Hall–Kier alpha value is -2.51. The number of halogens is 1. The molecule has 1 N–H and O–H groups in total. The molecule has 7 heteroatoms. The zero-order valence-electron chi connectivity index (χ0n) is 16.3. The third kappa shape index (κ3) is 5.98. The molecule has 0 aliphatic carbocycles. The van der Waals surface area contributed by atoms with Gasteiger partial charge in [0.25, 0.3) is 0 Å². The molecule has 0 spiro atoms. The van der Waals surface area contributed by atoms with Crippen LogP contribution in [0.2, 0.25) is 0 Å². The average Bonchev–Trinajstić information content (AvgIpc) is 2.72. The van der Waals surface area contributed by atoms with Crippen LogP contribution in [0.4, 0.5) is 4.39 Å².